The van der Waals surface area contributed by atoms with E-state index in [1.54, 1.807) is 7.11 Å². The van der Waals surface area contributed by atoms with E-state index in [2.05, 4.69) is 9.97 Å². The monoisotopic (exact) mass is 211 g/mol. The number of hydrogen-bond donors (Lipinski definition) is 0. The zero-order chi connectivity index (χ0) is 11.4. The zero-order valence-electron chi connectivity index (χ0n) is 8.71. The molecule has 0 bridgehead atoms. The number of aromatic nitrogens is 2. The van der Waals surface area contributed by atoms with Gasteiger partial charge in [0.15, 0.2) is 5.82 Å². The van der Waals surface area contributed by atoms with Crippen molar-refractivity contribution in [2.75, 3.05) is 7.11 Å². The van der Waals surface area contributed by atoms with Crippen molar-refractivity contribution in [3.8, 4) is 23.2 Å². The summed E-state index contributed by atoms with van der Waals surface area (Å²) >= 11 is 0. The first-order valence-electron chi connectivity index (χ1n) is 4.70. The first-order valence-corrected chi connectivity index (χ1v) is 4.70. The molecule has 2 rings (SSSR count). The lowest BCUT2D eigenvalue weighted by Gasteiger charge is -2.01. The van der Waals surface area contributed by atoms with E-state index in [1.165, 1.54) is 12.4 Å². The van der Waals surface area contributed by atoms with Gasteiger partial charge in [-0.1, -0.05) is 0 Å². The van der Waals surface area contributed by atoms with Crippen LogP contribution in [0.15, 0.2) is 36.7 Å². The quantitative estimate of drug-likeness (QED) is 0.762. The first-order chi connectivity index (χ1) is 7.83. The molecule has 0 atom stereocenters. The largest absolute Gasteiger partial charge is 0.497 e. The second-order valence-electron chi connectivity index (χ2n) is 3.14. The molecule has 4 heteroatoms. The molecule has 0 saturated heterocycles. The second-order valence-corrected chi connectivity index (χ2v) is 3.14. The molecule has 0 amide bonds. The van der Waals surface area contributed by atoms with Gasteiger partial charge in [0.1, 0.15) is 11.8 Å². The number of ether oxygens (including phenoxy) is 1. The molecule has 4 nitrogen and oxygen atoms in total. The van der Waals surface area contributed by atoms with Crippen LogP contribution in [0.1, 0.15) is 5.56 Å². The Kier molecular flexibility index (Phi) is 2.79. The molecule has 1 heterocycles. The summed E-state index contributed by atoms with van der Waals surface area (Å²) in [7, 11) is 1.62. The molecule has 2 aromatic rings. The lowest BCUT2D eigenvalue weighted by atomic mass is 10.2. The number of hydrogen-bond acceptors (Lipinski definition) is 4. The molecule has 0 saturated carbocycles. The minimum atomic E-state index is 0.456. The smallest absolute Gasteiger partial charge is 0.159 e. The van der Waals surface area contributed by atoms with E-state index in [0.29, 0.717) is 11.4 Å². The lowest BCUT2D eigenvalue weighted by Crippen LogP contribution is -1.90. The van der Waals surface area contributed by atoms with Crippen molar-refractivity contribution in [2.24, 2.45) is 0 Å². The van der Waals surface area contributed by atoms with Gasteiger partial charge in [0.25, 0.3) is 0 Å². The highest BCUT2D eigenvalue weighted by molar-refractivity contribution is 5.56. The molecule has 0 fully saturated rings. The highest BCUT2D eigenvalue weighted by Gasteiger charge is 2.01. The van der Waals surface area contributed by atoms with Gasteiger partial charge in [-0.05, 0) is 24.3 Å². The standard InChI is InChI=1S/C12H9N3O/c1-16-11-4-2-10(3-5-11)12-14-7-9(6-13)8-15-12/h2-5,7-8H,1H3. The second kappa shape index (κ2) is 4.41. The van der Waals surface area contributed by atoms with Crippen LogP contribution in [0, 0.1) is 11.3 Å². The zero-order valence-corrected chi connectivity index (χ0v) is 8.71. The van der Waals surface area contributed by atoms with Crippen LogP contribution in [-0.4, -0.2) is 17.1 Å². The van der Waals surface area contributed by atoms with Crippen molar-refractivity contribution < 1.29 is 4.74 Å². The number of methoxy groups -OCH3 is 1. The summed E-state index contributed by atoms with van der Waals surface area (Å²) in [6.45, 7) is 0. The predicted molar refractivity (Wildman–Crippen MR) is 58.7 cm³/mol. The third-order valence-electron chi connectivity index (χ3n) is 2.13. The fraction of sp³-hybridized carbons (Fsp3) is 0.0833. The highest BCUT2D eigenvalue weighted by atomic mass is 16.5. The Morgan fingerprint density at radius 3 is 2.25 bits per heavy atom. The summed E-state index contributed by atoms with van der Waals surface area (Å²) in [5.74, 6) is 1.39. The normalized spacial score (nSPS) is 9.50. The van der Waals surface area contributed by atoms with E-state index in [4.69, 9.17) is 10.00 Å². The molecular formula is C12H9N3O. The third-order valence-corrected chi connectivity index (χ3v) is 2.13. The van der Waals surface area contributed by atoms with Crippen molar-refractivity contribution in [2.45, 2.75) is 0 Å². The summed E-state index contributed by atoms with van der Waals surface area (Å²) < 4.78 is 5.06. The summed E-state index contributed by atoms with van der Waals surface area (Å²) in [5, 5.41) is 8.62. The molecule has 16 heavy (non-hydrogen) atoms. The number of nitriles is 1. The van der Waals surface area contributed by atoms with Crippen LogP contribution in [0.4, 0.5) is 0 Å². The number of benzene rings is 1. The summed E-state index contributed by atoms with van der Waals surface area (Å²) in [5.41, 5.74) is 1.35. The van der Waals surface area contributed by atoms with Gasteiger partial charge in [0, 0.05) is 18.0 Å². The minimum Gasteiger partial charge on any atom is -0.497 e. The molecule has 0 aliphatic heterocycles. The maximum Gasteiger partial charge on any atom is 0.159 e. The Morgan fingerprint density at radius 2 is 1.75 bits per heavy atom. The average molecular weight is 211 g/mol. The lowest BCUT2D eigenvalue weighted by molar-refractivity contribution is 0.415. The first kappa shape index (κ1) is 10.1. The molecule has 1 aromatic carbocycles. The number of nitrogens with zero attached hydrogens (tertiary/aromatic N) is 3. The van der Waals surface area contributed by atoms with E-state index in [9.17, 15) is 0 Å². The van der Waals surface area contributed by atoms with Gasteiger partial charge in [-0.3, -0.25) is 0 Å². The Labute approximate surface area is 93.2 Å². The summed E-state index contributed by atoms with van der Waals surface area (Å²) in [6, 6.07) is 9.42. The molecule has 1 aromatic heterocycles. The fourth-order valence-electron chi connectivity index (χ4n) is 1.27. The van der Waals surface area contributed by atoms with E-state index in [1.807, 2.05) is 30.3 Å². The Morgan fingerprint density at radius 1 is 1.12 bits per heavy atom. The summed E-state index contributed by atoms with van der Waals surface area (Å²) in [4.78, 5) is 8.20. The predicted octanol–water partition coefficient (Wildman–Crippen LogP) is 2.02. The Hall–Kier alpha value is -2.41. The van der Waals surface area contributed by atoms with Crippen LogP contribution in [0.25, 0.3) is 11.4 Å². The van der Waals surface area contributed by atoms with Gasteiger partial charge in [-0.15, -0.1) is 0 Å². The summed E-state index contributed by atoms with van der Waals surface area (Å²) in [6.07, 6.45) is 3.01. The van der Waals surface area contributed by atoms with Crippen molar-refractivity contribution in [1.29, 1.82) is 5.26 Å². The maximum atomic E-state index is 8.62. The average Bonchev–Trinajstić information content (AvgIpc) is 2.39. The van der Waals surface area contributed by atoms with Gasteiger partial charge in [0.05, 0.1) is 12.7 Å². The maximum absolute atomic E-state index is 8.62. The van der Waals surface area contributed by atoms with Crippen molar-refractivity contribution in [3.63, 3.8) is 0 Å². The van der Waals surface area contributed by atoms with E-state index < -0.39 is 0 Å². The van der Waals surface area contributed by atoms with Crippen LogP contribution in [-0.2, 0) is 0 Å². The van der Waals surface area contributed by atoms with Crippen molar-refractivity contribution in [3.05, 3.63) is 42.2 Å². The van der Waals surface area contributed by atoms with Gasteiger partial charge >= 0.3 is 0 Å². The number of rotatable bonds is 2. The van der Waals surface area contributed by atoms with E-state index in [0.717, 1.165) is 11.3 Å². The van der Waals surface area contributed by atoms with Gasteiger partial charge in [-0.25, -0.2) is 9.97 Å². The Bertz CT molecular complexity index is 511. The van der Waals surface area contributed by atoms with E-state index in [-0.39, 0.29) is 0 Å². The fourth-order valence-corrected chi connectivity index (χ4v) is 1.27. The Balaban J connectivity index is 2.32. The highest BCUT2D eigenvalue weighted by Crippen LogP contribution is 2.18. The molecule has 0 radical (unpaired) electrons. The molecular weight excluding hydrogens is 202 g/mol. The van der Waals surface area contributed by atoms with Gasteiger partial charge < -0.3 is 4.74 Å². The van der Waals surface area contributed by atoms with Crippen molar-refractivity contribution >= 4 is 0 Å². The molecule has 0 unspecified atom stereocenters. The molecule has 78 valence electrons. The molecule has 0 N–H and O–H groups in total. The van der Waals surface area contributed by atoms with Gasteiger partial charge in [0.2, 0.25) is 0 Å². The van der Waals surface area contributed by atoms with Crippen LogP contribution >= 0.6 is 0 Å². The van der Waals surface area contributed by atoms with Crippen LogP contribution in [0.2, 0.25) is 0 Å². The molecule has 0 aliphatic rings. The van der Waals surface area contributed by atoms with Crippen LogP contribution < -0.4 is 4.74 Å². The van der Waals surface area contributed by atoms with Crippen LogP contribution in [0.5, 0.6) is 5.75 Å². The third kappa shape index (κ3) is 1.98. The van der Waals surface area contributed by atoms with Crippen LogP contribution in [0.3, 0.4) is 0 Å². The van der Waals surface area contributed by atoms with Crippen molar-refractivity contribution in [1.82, 2.24) is 9.97 Å². The minimum absolute atomic E-state index is 0.456. The topological polar surface area (TPSA) is 58.8 Å². The molecule has 0 spiro atoms. The molecule has 0 aliphatic carbocycles. The van der Waals surface area contributed by atoms with E-state index >= 15 is 0 Å². The van der Waals surface area contributed by atoms with Gasteiger partial charge in [-0.2, -0.15) is 5.26 Å². The SMILES string of the molecule is COc1ccc(-c2ncc(C#N)cn2)cc1.